The lowest BCUT2D eigenvalue weighted by atomic mass is 9.96. The highest BCUT2D eigenvalue weighted by molar-refractivity contribution is 5.97. The number of carbonyl (C=O) groups is 3. The van der Waals surface area contributed by atoms with E-state index in [1.54, 1.807) is 36.1 Å². The van der Waals surface area contributed by atoms with Crippen LogP contribution in [0.1, 0.15) is 39.1 Å². The van der Waals surface area contributed by atoms with Crippen LogP contribution in [0.3, 0.4) is 0 Å². The molecule has 1 heterocycles. The third-order valence-electron chi connectivity index (χ3n) is 4.82. The topological polar surface area (TPSA) is 86.7 Å². The highest BCUT2D eigenvalue weighted by Gasteiger charge is 2.29. The Morgan fingerprint density at radius 3 is 2.52 bits per heavy atom. The van der Waals surface area contributed by atoms with Crippen LogP contribution in [0.15, 0.2) is 48.5 Å². The number of carboxylic acids is 1. The van der Waals surface area contributed by atoms with Crippen LogP contribution in [0.5, 0.6) is 0 Å². The van der Waals surface area contributed by atoms with E-state index in [1.165, 1.54) is 6.07 Å². The van der Waals surface area contributed by atoms with E-state index in [0.717, 1.165) is 12.8 Å². The molecule has 2 aromatic rings. The first-order chi connectivity index (χ1) is 13.0. The lowest BCUT2D eigenvalue weighted by Crippen LogP contribution is -2.43. The Hall–Kier alpha value is -3.15. The van der Waals surface area contributed by atoms with Gasteiger partial charge in [-0.2, -0.15) is 0 Å². The van der Waals surface area contributed by atoms with Gasteiger partial charge >= 0.3 is 5.97 Å². The summed E-state index contributed by atoms with van der Waals surface area (Å²) in [6, 6.07) is 13.8. The van der Waals surface area contributed by atoms with Crippen molar-refractivity contribution in [2.45, 2.75) is 19.8 Å². The minimum absolute atomic E-state index is 0.0604. The Bertz CT molecular complexity index is 864. The summed E-state index contributed by atoms with van der Waals surface area (Å²) in [5.74, 6) is -1.49. The maximum absolute atomic E-state index is 12.6. The van der Waals surface area contributed by atoms with Gasteiger partial charge in [0.2, 0.25) is 5.91 Å². The van der Waals surface area contributed by atoms with Crippen LogP contribution in [0.4, 0.5) is 5.69 Å². The van der Waals surface area contributed by atoms with Crippen LogP contribution in [0, 0.1) is 12.8 Å². The largest absolute Gasteiger partial charge is 0.478 e. The van der Waals surface area contributed by atoms with Crippen LogP contribution in [-0.2, 0) is 4.79 Å². The quantitative estimate of drug-likeness (QED) is 0.870. The number of hydrogen-bond acceptors (Lipinski definition) is 3. The number of piperidine rings is 1. The van der Waals surface area contributed by atoms with Crippen molar-refractivity contribution in [2.75, 3.05) is 18.4 Å². The third kappa shape index (κ3) is 4.34. The number of rotatable bonds is 4. The summed E-state index contributed by atoms with van der Waals surface area (Å²) < 4.78 is 0. The fourth-order valence-corrected chi connectivity index (χ4v) is 3.36. The number of benzene rings is 2. The average Bonchev–Trinajstić information content (AvgIpc) is 2.68. The fourth-order valence-electron chi connectivity index (χ4n) is 3.36. The number of aryl methyl sites for hydroxylation is 1. The van der Waals surface area contributed by atoms with Gasteiger partial charge in [-0.05, 0) is 55.7 Å². The Balaban J connectivity index is 1.66. The Morgan fingerprint density at radius 1 is 1.11 bits per heavy atom. The number of nitrogens with one attached hydrogen (secondary N) is 1. The summed E-state index contributed by atoms with van der Waals surface area (Å²) in [5.41, 5.74) is 1.99. The first-order valence-corrected chi connectivity index (χ1v) is 8.95. The van der Waals surface area contributed by atoms with Crippen molar-refractivity contribution in [3.05, 3.63) is 65.2 Å². The summed E-state index contributed by atoms with van der Waals surface area (Å²) in [4.78, 5) is 38.1. The molecule has 1 fully saturated rings. The summed E-state index contributed by atoms with van der Waals surface area (Å²) in [7, 11) is 0. The standard InChI is InChI=1S/C21H22N2O4/c1-14-12-17(9-10-18(14)21(26)27)22-19(24)16-8-5-11-23(13-16)20(25)15-6-3-2-4-7-15/h2-4,6-7,9-10,12,16H,5,8,11,13H2,1H3,(H,22,24)(H,26,27). The van der Waals surface area contributed by atoms with Gasteiger partial charge in [0.05, 0.1) is 11.5 Å². The number of likely N-dealkylation sites (tertiary alicyclic amines) is 1. The van der Waals surface area contributed by atoms with Gasteiger partial charge in [0.15, 0.2) is 0 Å². The molecule has 6 nitrogen and oxygen atoms in total. The normalized spacial score (nSPS) is 16.6. The number of anilines is 1. The summed E-state index contributed by atoms with van der Waals surface area (Å²) in [6.07, 6.45) is 1.49. The molecule has 27 heavy (non-hydrogen) atoms. The second-order valence-electron chi connectivity index (χ2n) is 6.78. The first-order valence-electron chi connectivity index (χ1n) is 8.95. The van der Waals surface area contributed by atoms with E-state index in [-0.39, 0.29) is 23.3 Å². The monoisotopic (exact) mass is 366 g/mol. The van der Waals surface area contributed by atoms with Crippen molar-refractivity contribution in [2.24, 2.45) is 5.92 Å². The highest BCUT2D eigenvalue weighted by atomic mass is 16.4. The van der Waals surface area contributed by atoms with E-state index >= 15 is 0 Å². The number of aromatic carboxylic acids is 1. The minimum atomic E-state index is -0.993. The van der Waals surface area contributed by atoms with E-state index in [1.807, 2.05) is 18.2 Å². The van der Waals surface area contributed by atoms with Gasteiger partial charge in [0.25, 0.3) is 5.91 Å². The lowest BCUT2D eigenvalue weighted by Gasteiger charge is -2.32. The SMILES string of the molecule is Cc1cc(NC(=O)C2CCCN(C(=O)c3ccccc3)C2)ccc1C(=O)O. The molecular weight excluding hydrogens is 344 g/mol. The minimum Gasteiger partial charge on any atom is -0.478 e. The molecule has 1 unspecified atom stereocenters. The van der Waals surface area contributed by atoms with Crippen LogP contribution >= 0.6 is 0 Å². The van der Waals surface area contributed by atoms with Crippen molar-refractivity contribution in [1.29, 1.82) is 0 Å². The zero-order chi connectivity index (χ0) is 19.4. The summed E-state index contributed by atoms with van der Waals surface area (Å²) >= 11 is 0. The number of amides is 2. The number of hydrogen-bond donors (Lipinski definition) is 2. The second-order valence-corrected chi connectivity index (χ2v) is 6.78. The van der Waals surface area contributed by atoms with Gasteiger partial charge in [-0.1, -0.05) is 18.2 Å². The molecule has 2 aromatic carbocycles. The molecule has 0 bridgehead atoms. The molecule has 0 saturated carbocycles. The maximum atomic E-state index is 12.6. The van der Waals surface area contributed by atoms with Crippen LogP contribution in [0.2, 0.25) is 0 Å². The van der Waals surface area contributed by atoms with Gasteiger partial charge in [0, 0.05) is 24.3 Å². The predicted octanol–water partition coefficient (Wildman–Crippen LogP) is 3.18. The zero-order valence-electron chi connectivity index (χ0n) is 15.1. The van der Waals surface area contributed by atoms with Crippen molar-refractivity contribution in [3.8, 4) is 0 Å². The fraction of sp³-hybridized carbons (Fsp3) is 0.286. The molecule has 1 aliphatic rings. The number of carbonyl (C=O) groups excluding carboxylic acids is 2. The van der Waals surface area contributed by atoms with Crippen molar-refractivity contribution in [1.82, 2.24) is 4.90 Å². The number of carboxylic acid groups (broad SMARTS) is 1. The molecular formula is C21H22N2O4. The summed E-state index contributed by atoms with van der Waals surface area (Å²) in [5, 5.41) is 11.9. The second kappa shape index (κ2) is 8.03. The molecule has 140 valence electrons. The van der Waals surface area contributed by atoms with Crippen molar-refractivity contribution in [3.63, 3.8) is 0 Å². The molecule has 1 atom stereocenters. The number of nitrogens with zero attached hydrogens (tertiary/aromatic N) is 1. The van der Waals surface area contributed by atoms with Crippen molar-refractivity contribution >= 4 is 23.5 Å². The Morgan fingerprint density at radius 2 is 1.85 bits per heavy atom. The summed E-state index contributed by atoms with van der Waals surface area (Å²) in [6.45, 7) is 2.72. The lowest BCUT2D eigenvalue weighted by molar-refractivity contribution is -0.121. The molecule has 1 aliphatic heterocycles. The molecule has 3 rings (SSSR count). The molecule has 6 heteroatoms. The Labute approximate surface area is 157 Å². The van der Waals surface area contributed by atoms with Gasteiger partial charge in [-0.25, -0.2) is 4.79 Å². The molecule has 0 aromatic heterocycles. The molecule has 0 radical (unpaired) electrons. The molecule has 0 aliphatic carbocycles. The smallest absolute Gasteiger partial charge is 0.335 e. The zero-order valence-corrected chi connectivity index (χ0v) is 15.1. The van der Waals surface area contributed by atoms with Crippen LogP contribution < -0.4 is 5.32 Å². The van der Waals surface area contributed by atoms with Crippen LogP contribution in [0.25, 0.3) is 0 Å². The average molecular weight is 366 g/mol. The van der Waals surface area contributed by atoms with E-state index in [0.29, 0.717) is 29.9 Å². The predicted molar refractivity (Wildman–Crippen MR) is 102 cm³/mol. The highest BCUT2D eigenvalue weighted by Crippen LogP contribution is 2.22. The van der Waals surface area contributed by atoms with E-state index in [2.05, 4.69) is 5.32 Å². The molecule has 2 amide bonds. The van der Waals surface area contributed by atoms with Gasteiger partial charge in [-0.3, -0.25) is 9.59 Å². The van der Waals surface area contributed by atoms with E-state index in [4.69, 9.17) is 5.11 Å². The van der Waals surface area contributed by atoms with Crippen molar-refractivity contribution < 1.29 is 19.5 Å². The van der Waals surface area contributed by atoms with Gasteiger partial charge in [0.1, 0.15) is 0 Å². The maximum Gasteiger partial charge on any atom is 0.335 e. The molecule has 0 spiro atoms. The Kier molecular flexibility index (Phi) is 5.54. The van der Waals surface area contributed by atoms with E-state index in [9.17, 15) is 14.4 Å². The van der Waals surface area contributed by atoms with Crippen LogP contribution in [-0.4, -0.2) is 40.9 Å². The molecule has 1 saturated heterocycles. The molecule has 2 N–H and O–H groups in total. The van der Waals surface area contributed by atoms with E-state index < -0.39 is 5.97 Å². The third-order valence-corrected chi connectivity index (χ3v) is 4.82. The first kappa shape index (κ1) is 18.6. The van der Waals surface area contributed by atoms with Gasteiger partial charge in [-0.15, -0.1) is 0 Å². The van der Waals surface area contributed by atoms with Gasteiger partial charge < -0.3 is 15.3 Å².